The number of amides is 1. The van der Waals surface area contributed by atoms with E-state index in [9.17, 15) is 4.79 Å². The number of aromatic nitrogens is 3. The lowest BCUT2D eigenvalue weighted by Gasteiger charge is -2.23. The molecular weight excluding hydrogens is 429 g/mol. The number of halogens is 2. The van der Waals surface area contributed by atoms with Crippen LogP contribution in [0.15, 0.2) is 23.4 Å². The maximum Gasteiger partial charge on any atom is 0.237 e. The Balaban J connectivity index is 2.19. The van der Waals surface area contributed by atoms with Gasteiger partial charge < -0.3 is 9.88 Å². The van der Waals surface area contributed by atoms with Gasteiger partial charge in [-0.15, -0.1) is 10.2 Å². The van der Waals surface area contributed by atoms with E-state index < -0.39 is 0 Å². The number of hydrogen-bond donors (Lipinski definition) is 1. The fraction of sp³-hybridized carbons (Fsp3) is 0.550. The molecule has 1 N–H and O–H groups in total. The summed E-state index contributed by atoms with van der Waals surface area (Å²) in [6.45, 7) is 6.98. The van der Waals surface area contributed by atoms with Gasteiger partial charge in [-0.3, -0.25) is 9.69 Å². The summed E-state index contributed by atoms with van der Waals surface area (Å²) in [6.07, 6.45) is 3.04. The minimum atomic E-state index is -0.373. The Bertz CT molecular complexity index is 827. The molecule has 0 aliphatic carbocycles. The minimum absolute atomic E-state index is 0.162. The van der Waals surface area contributed by atoms with Crippen LogP contribution in [0.2, 0.25) is 10.0 Å². The largest absolute Gasteiger partial charge is 0.324 e. The zero-order valence-electron chi connectivity index (χ0n) is 17.6. The normalized spacial score (nSPS) is 13.5. The van der Waals surface area contributed by atoms with Crippen molar-refractivity contribution in [3.63, 3.8) is 0 Å². The van der Waals surface area contributed by atoms with Crippen molar-refractivity contribution in [2.75, 3.05) is 19.4 Å². The molecule has 1 aromatic carbocycles. The number of nitrogens with one attached hydrogen (secondary N) is 1. The monoisotopic (exact) mass is 457 g/mol. The first-order chi connectivity index (χ1) is 13.8. The number of anilines is 1. The third kappa shape index (κ3) is 6.10. The number of carbonyl (C=O) groups is 1. The molecule has 2 rings (SSSR count). The van der Waals surface area contributed by atoms with Gasteiger partial charge in [-0.05, 0) is 46.0 Å². The van der Waals surface area contributed by atoms with Crippen molar-refractivity contribution < 1.29 is 4.79 Å². The Kier molecular flexibility index (Phi) is 9.27. The smallest absolute Gasteiger partial charge is 0.237 e. The number of carbonyl (C=O) groups excluding carboxylic acids is 1. The first kappa shape index (κ1) is 24.0. The highest BCUT2D eigenvalue weighted by Gasteiger charge is 2.25. The van der Waals surface area contributed by atoms with Gasteiger partial charge in [-0.1, -0.05) is 61.3 Å². The Morgan fingerprint density at radius 1 is 1.28 bits per heavy atom. The molecule has 0 bridgehead atoms. The Morgan fingerprint density at radius 3 is 2.62 bits per heavy atom. The molecule has 160 valence electrons. The summed E-state index contributed by atoms with van der Waals surface area (Å²) in [5.74, 6) is 0.782. The molecule has 0 aliphatic heterocycles. The summed E-state index contributed by atoms with van der Waals surface area (Å²) >= 11 is 13.6. The minimum Gasteiger partial charge on any atom is -0.324 e. The van der Waals surface area contributed by atoms with Gasteiger partial charge in [0.15, 0.2) is 11.0 Å². The number of thioether (sulfide) groups is 1. The van der Waals surface area contributed by atoms with Crippen LogP contribution in [0.25, 0.3) is 0 Å². The quantitative estimate of drug-likeness (QED) is 0.475. The highest BCUT2D eigenvalue weighted by molar-refractivity contribution is 8.00. The summed E-state index contributed by atoms with van der Waals surface area (Å²) in [5, 5.41) is 12.8. The van der Waals surface area contributed by atoms with Crippen LogP contribution in [0.4, 0.5) is 5.69 Å². The maximum atomic E-state index is 12.7. The second-order valence-electron chi connectivity index (χ2n) is 7.08. The number of benzene rings is 1. The van der Waals surface area contributed by atoms with Crippen LogP contribution in [0.1, 0.15) is 51.9 Å². The molecule has 1 heterocycles. The van der Waals surface area contributed by atoms with E-state index >= 15 is 0 Å². The van der Waals surface area contributed by atoms with E-state index in [-0.39, 0.29) is 17.2 Å². The van der Waals surface area contributed by atoms with Crippen molar-refractivity contribution in [3.8, 4) is 0 Å². The van der Waals surface area contributed by atoms with Crippen molar-refractivity contribution in [2.24, 2.45) is 0 Å². The van der Waals surface area contributed by atoms with E-state index in [0.717, 1.165) is 36.8 Å². The Morgan fingerprint density at radius 2 is 2.00 bits per heavy atom. The zero-order chi connectivity index (χ0) is 21.6. The predicted molar refractivity (Wildman–Crippen MR) is 122 cm³/mol. The molecule has 2 unspecified atom stereocenters. The molecule has 0 fully saturated rings. The second kappa shape index (κ2) is 11.2. The van der Waals surface area contributed by atoms with Crippen LogP contribution >= 0.6 is 35.0 Å². The van der Waals surface area contributed by atoms with Crippen molar-refractivity contribution in [3.05, 3.63) is 34.1 Å². The van der Waals surface area contributed by atoms with Crippen molar-refractivity contribution in [1.29, 1.82) is 0 Å². The van der Waals surface area contributed by atoms with Gasteiger partial charge in [-0.25, -0.2) is 0 Å². The Hall–Kier alpha value is -1.28. The highest BCUT2D eigenvalue weighted by Crippen LogP contribution is 2.31. The molecule has 1 aromatic heterocycles. The summed E-state index contributed by atoms with van der Waals surface area (Å²) in [6, 6.07) is 5.35. The van der Waals surface area contributed by atoms with Crippen molar-refractivity contribution in [1.82, 2.24) is 19.7 Å². The summed E-state index contributed by atoms with van der Waals surface area (Å²) in [5.41, 5.74) is 0.503. The highest BCUT2D eigenvalue weighted by atomic mass is 35.5. The summed E-state index contributed by atoms with van der Waals surface area (Å²) in [4.78, 5) is 14.9. The molecule has 0 aliphatic rings. The van der Waals surface area contributed by atoms with Gasteiger partial charge in [0, 0.05) is 6.54 Å². The molecule has 29 heavy (non-hydrogen) atoms. The fourth-order valence-corrected chi connectivity index (χ4v) is 4.22. The van der Waals surface area contributed by atoms with Crippen LogP contribution < -0.4 is 5.32 Å². The van der Waals surface area contributed by atoms with Crippen LogP contribution in [0, 0.1) is 0 Å². The van der Waals surface area contributed by atoms with Crippen molar-refractivity contribution in [2.45, 2.75) is 63.0 Å². The van der Waals surface area contributed by atoms with E-state index in [1.54, 1.807) is 18.2 Å². The number of rotatable bonds is 10. The van der Waals surface area contributed by atoms with Gasteiger partial charge in [0.2, 0.25) is 5.91 Å². The van der Waals surface area contributed by atoms with E-state index in [0.29, 0.717) is 15.7 Å². The third-order valence-electron chi connectivity index (χ3n) is 4.65. The van der Waals surface area contributed by atoms with Gasteiger partial charge >= 0.3 is 0 Å². The van der Waals surface area contributed by atoms with Crippen LogP contribution in [-0.2, 0) is 11.3 Å². The van der Waals surface area contributed by atoms with Gasteiger partial charge in [0.25, 0.3) is 0 Å². The standard InChI is InChI=1S/C20H29Cl2N5OS/c1-6-8-12-27-18(16(7-2)26(4)5)24-25-20(27)29-13(3)19(28)23-15-11-9-10-14(21)17(15)22/h9-11,13,16H,6-8,12H2,1-5H3,(H,23,28). The van der Waals surface area contributed by atoms with Gasteiger partial charge in [-0.2, -0.15) is 0 Å². The topological polar surface area (TPSA) is 63.1 Å². The summed E-state index contributed by atoms with van der Waals surface area (Å²) in [7, 11) is 4.09. The summed E-state index contributed by atoms with van der Waals surface area (Å²) < 4.78 is 2.15. The molecule has 6 nitrogen and oxygen atoms in total. The predicted octanol–water partition coefficient (Wildman–Crippen LogP) is 5.52. The van der Waals surface area contributed by atoms with Crippen LogP contribution in [0.3, 0.4) is 0 Å². The lowest BCUT2D eigenvalue weighted by molar-refractivity contribution is -0.115. The molecule has 0 saturated carbocycles. The zero-order valence-corrected chi connectivity index (χ0v) is 19.9. The van der Waals surface area contributed by atoms with Crippen molar-refractivity contribution >= 4 is 46.6 Å². The van der Waals surface area contributed by atoms with E-state index in [1.165, 1.54) is 11.8 Å². The molecule has 1 amide bonds. The van der Waals surface area contributed by atoms with Gasteiger partial charge in [0.05, 0.1) is 27.0 Å². The third-order valence-corrected chi connectivity index (χ3v) is 6.55. The first-order valence-electron chi connectivity index (χ1n) is 9.81. The Labute approximate surface area is 187 Å². The molecule has 2 aromatic rings. The maximum absolute atomic E-state index is 12.7. The molecule has 0 radical (unpaired) electrons. The number of unbranched alkanes of at least 4 members (excludes halogenated alkanes) is 1. The van der Waals surface area contributed by atoms with Crippen LogP contribution in [-0.4, -0.2) is 44.9 Å². The average molecular weight is 458 g/mol. The van der Waals surface area contributed by atoms with Crippen LogP contribution in [0.5, 0.6) is 0 Å². The molecular formula is C20H29Cl2N5OS. The number of nitrogens with zero attached hydrogens (tertiary/aromatic N) is 4. The lowest BCUT2D eigenvalue weighted by atomic mass is 10.2. The van der Waals surface area contributed by atoms with E-state index in [4.69, 9.17) is 23.2 Å². The number of hydrogen-bond acceptors (Lipinski definition) is 5. The van der Waals surface area contributed by atoms with Gasteiger partial charge in [0.1, 0.15) is 0 Å². The average Bonchev–Trinajstić information content (AvgIpc) is 3.06. The molecule has 9 heteroatoms. The molecule has 2 atom stereocenters. The van der Waals surface area contributed by atoms with E-state index in [2.05, 4.69) is 38.8 Å². The molecule has 0 spiro atoms. The fourth-order valence-electron chi connectivity index (χ4n) is 2.99. The lowest BCUT2D eigenvalue weighted by Crippen LogP contribution is -2.24. The SMILES string of the molecule is CCCCn1c(SC(C)C(=O)Nc2cccc(Cl)c2Cl)nnc1C(CC)N(C)C. The first-order valence-corrected chi connectivity index (χ1v) is 11.4. The second-order valence-corrected chi connectivity index (χ2v) is 9.18. The van der Waals surface area contributed by atoms with E-state index in [1.807, 2.05) is 21.0 Å². The molecule has 0 saturated heterocycles.